The van der Waals surface area contributed by atoms with Crippen molar-refractivity contribution in [2.45, 2.75) is 0 Å². The van der Waals surface area contributed by atoms with E-state index in [-0.39, 0.29) is 13.2 Å². The summed E-state index contributed by atoms with van der Waals surface area (Å²) in [6.45, 7) is -0.672. The second-order valence-corrected chi connectivity index (χ2v) is 2.46. The van der Waals surface area contributed by atoms with Gasteiger partial charge in [0, 0.05) is 0 Å². The lowest BCUT2D eigenvalue weighted by Gasteiger charge is -2.04. The van der Waals surface area contributed by atoms with Gasteiger partial charge in [0.15, 0.2) is 0 Å². The number of carbonyl (C=O) groups is 1. The van der Waals surface area contributed by atoms with Crippen LogP contribution in [0.3, 0.4) is 0 Å². The molecule has 76 valence electrons. The maximum Gasteiger partial charge on any atom is 0.344 e. The zero-order valence-corrected chi connectivity index (χ0v) is 7.17. The second kappa shape index (κ2) is 4.66. The lowest BCUT2D eigenvalue weighted by atomic mass is 10.2. The Balaban J connectivity index is 2.89. The van der Waals surface area contributed by atoms with Crippen LogP contribution in [0.4, 0.5) is 8.78 Å². The van der Waals surface area contributed by atoms with Gasteiger partial charge in [0.1, 0.15) is 23.8 Å². The van der Waals surface area contributed by atoms with E-state index >= 15 is 0 Å². The van der Waals surface area contributed by atoms with E-state index in [0.717, 1.165) is 18.2 Å². The van der Waals surface area contributed by atoms with Crippen LogP contribution in [0.25, 0.3) is 0 Å². The third-order valence-corrected chi connectivity index (χ3v) is 1.49. The predicted octanol–water partition coefficient (Wildman–Crippen LogP) is 1.11. The van der Waals surface area contributed by atoms with Crippen LogP contribution < -0.4 is 0 Å². The molecule has 1 rings (SSSR count). The molecule has 0 aliphatic carbocycles. The normalized spacial score (nSPS) is 9.93. The van der Waals surface area contributed by atoms with Crippen molar-refractivity contribution in [2.75, 3.05) is 13.2 Å². The predicted molar refractivity (Wildman–Crippen MR) is 43.7 cm³/mol. The minimum Gasteiger partial charge on any atom is -0.459 e. The molecule has 0 amide bonds. The monoisotopic (exact) mass is 202 g/mol. The molecule has 0 spiro atoms. The fourth-order valence-corrected chi connectivity index (χ4v) is 0.903. The molecule has 1 aromatic rings. The van der Waals surface area contributed by atoms with Crippen molar-refractivity contribution in [3.05, 3.63) is 35.4 Å². The largest absolute Gasteiger partial charge is 0.459 e. The molecule has 0 unspecified atom stereocenters. The van der Waals surface area contributed by atoms with Gasteiger partial charge in [-0.05, 0) is 12.1 Å². The van der Waals surface area contributed by atoms with Crippen molar-refractivity contribution in [3.63, 3.8) is 0 Å². The zero-order valence-electron chi connectivity index (χ0n) is 7.17. The van der Waals surface area contributed by atoms with Crippen LogP contribution in [0, 0.1) is 11.6 Å². The lowest BCUT2D eigenvalue weighted by molar-refractivity contribution is 0.0423. The van der Waals surface area contributed by atoms with E-state index in [2.05, 4.69) is 4.74 Å². The molecule has 5 heteroatoms. The minimum atomic E-state index is -1.12. The number of benzene rings is 1. The van der Waals surface area contributed by atoms with E-state index in [1.54, 1.807) is 0 Å². The number of rotatable bonds is 3. The zero-order chi connectivity index (χ0) is 10.6. The van der Waals surface area contributed by atoms with E-state index in [0.29, 0.717) is 0 Å². The van der Waals surface area contributed by atoms with E-state index in [4.69, 9.17) is 5.11 Å². The average Bonchev–Trinajstić information content (AvgIpc) is 2.14. The summed E-state index contributed by atoms with van der Waals surface area (Å²) in [6.07, 6.45) is 0. The second-order valence-electron chi connectivity index (χ2n) is 2.46. The Morgan fingerprint density at radius 3 is 2.43 bits per heavy atom. The molecule has 14 heavy (non-hydrogen) atoms. The van der Waals surface area contributed by atoms with E-state index in [1.165, 1.54) is 0 Å². The van der Waals surface area contributed by atoms with Crippen molar-refractivity contribution < 1.29 is 23.4 Å². The standard InChI is InChI=1S/C9H8F2O3/c10-6-2-1-3-7(11)8(6)9(13)14-5-4-12/h1-3,12H,4-5H2. The van der Waals surface area contributed by atoms with Gasteiger partial charge in [0.05, 0.1) is 6.61 Å². The molecule has 0 aromatic heterocycles. The summed E-state index contributed by atoms with van der Waals surface area (Å²) in [5.41, 5.74) is -0.735. The summed E-state index contributed by atoms with van der Waals surface area (Å²) in [5.74, 6) is -3.07. The first kappa shape index (κ1) is 10.6. The number of halogens is 2. The molecule has 0 fully saturated rings. The van der Waals surface area contributed by atoms with Crippen molar-refractivity contribution in [2.24, 2.45) is 0 Å². The highest BCUT2D eigenvalue weighted by Crippen LogP contribution is 2.12. The third kappa shape index (κ3) is 2.26. The lowest BCUT2D eigenvalue weighted by Crippen LogP contribution is -2.12. The Labute approximate surface area is 78.9 Å². The van der Waals surface area contributed by atoms with Crippen LogP contribution >= 0.6 is 0 Å². The Kier molecular flexibility index (Phi) is 3.53. The molecular weight excluding hydrogens is 194 g/mol. The fourth-order valence-electron chi connectivity index (χ4n) is 0.903. The summed E-state index contributed by atoms with van der Waals surface area (Å²) in [6, 6.07) is 3.06. The van der Waals surface area contributed by atoms with Gasteiger partial charge in [-0.15, -0.1) is 0 Å². The van der Waals surface area contributed by atoms with Crippen LogP contribution in [0.1, 0.15) is 10.4 Å². The van der Waals surface area contributed by atoms with E-state index in [1.807, 2.05) is 0 Å². The Morgan fingerprint density at radius 1 is 1.36 bits per heavy atom. The summed E-state index contributed by atoms with van der Waals surface area (Å²) >= 11 is 0. The number of carbonyl (C=O) groups excluding carboxylic acids is 1. The summed E-state index contributed by atoms with van der Waals surface area (Å²) < 4.78 is 30.2. The van der Waals surface area contributed by atoms with Crippen molar-refractivity contribution in [1.29, 1.82) is 0 Å². The first-order chi connectivity index (χ1) is 6.66. The number of aliphatic hydroxyl groups is 1. The maximum atomic E-state index is 12.9. The highest BCUT2D eigenvalue weighted by atomic mass is 19.1. The molecule has 0 bridgehead atoms. The first-order valence-electron chi connectivity index (χ1n) is 3.89. The summed E-state index contributed by atoms with van der Waals surface area (Å²) in [5, 5.41) is 8.34. The highest BCUT2D eigenvalue weighted by molar-refractivity contribution is 5.89. The smallest absolute Gasteiger partial charge is 0.344 e. The van der Waals surface area contributed by atoms with Gasteiger partial charge in [-0.3, -0.25) is 0 Å². The molecule has 3 nitrogen and oxygen atoms in total. The van der Waals surface area contributed by atoms with Crippen LogP contribution in [0.15, 0.2) is 18.2 Å². The van der Waals surface area contributed by atoms with Gasteiger partial charge in [-0.2, -0.15) is 0 Å². The molecule has 0 saturated heterocycles. The molecule has 0 aliphatic heterocycles. The van der Waals surface area contributed by atoms with Crippen LogP contribution in [-0.2, 0) is 4.74 Å². The molecule has 0 atom stereocenters. The number of aliphatic hydroxyl groups excluding tert-OH is 1. The topological polar surface area (TPSA) is 46.5 Å². The third-order valence-electron chi connectivity index (χ3n) is 1.49. The van der Waals surface area contributed by atoms with Crippen LogP contribution in [-0.4, -0.2) is 24.3 Å². The molecule has 0 aliphatic rings. The number of ether oxygens (including phenoxy) is 1. The Bertz CT molecular complexity index is 319. The summed E-state index contributed by atoms with van der Waals surface area (Å²) in [7, 11) is 0. The molecule has 1 N–H and O–H groups in total. The van der Waals surface area contributed by atoms with Gasteiger partial charge in [-0.1, -0.05) is 6.07 Å². The number of esters is 1. The van der Waals surface area contributed by atoms with Crippen molar-refractivity contribution in [3.8, 4) is 0 Å². The Morgan fingerprint density at radius 2 is 1.93 bits per heavy atom. The van der Waals surface area contributed by atoms with Gasteiger partial charge < -0.3 is 9.84 Å². The molecule has 1 aromatic carbocycles. The SMILES string of the molecule is O=C(OCCO)c1c(F)cccc1F. The fraction of sp³-hybridized carbons (Fsp3) is 0.222. The van der Waals surface area contributed by atoms with Gasteiger partial charge in [0.2, 0.25) is 0 Å². The molecular formula is C9H8F2O3. The Hall–Kier alpha value is -1.49. The van der Waals surface area contributed by atoms with Crippen molar-refractivity contribution in [1.82, 2.24) is 0 Å². The highest BCUT2D eigenvalue weighted by Gasteiger charge is 2.17. The van der Waals surface area contributed by atoms with E-state index in [9.17, 15) is 13.6 Å². The molecule has 0 saturated carbocycles. The molecule has 0 heterocycles. The van der Waals surface area contributed by atoms with Crippen LogP contribution in [0.5, 0.6) is 0 Å². The number of hydrogen-bond acceptors (Lipinski definition) is 3. The maximum absolute atomic E-state index is 12.9. The average molecular weight is 202 g/mol. The van der Waals surface area contributed by atoms with Gasteiger partial charge >= 0.3 is 5.97 Å². The quantitative estimate of drug-likeness (QED) is 0.747. The first-order valence-corrected chi connectivity index (χ1v) is 3.89. The summed E-state index contributed by atoms with van der Waals surface area (Å²) in [4.78, 5) is 11.0. The molecule has 0 radical (unpaired) electrons. The van der Waals surface area contributed by atoms with E-state index < -0.39 is 23.2 Å². The number of hydrogen-bond donors (Lipinski definition) is 1. The van der Waals surface area contributed by atoms with Gasteiger partial charge in [-0.25, -0.2) is 13.6 Å². The van der Waals surface area contributed by atoms with Crippen molar-refractivity contribution >= 4 is 5.97 Å². The van der Waals surface area contributed by atoms with Crippen LogP contribution in [0.2, 0.25) is 0 Å². The van der Waals surface area contributed by atoms with Gasteiger partial charge in [0.25, 0.3) is 0 Å². The minimum absolute atomic E-state index is 0.285.